The predicted octanol–water partition coefficient (Wildman–Crippen LogP) is 11.6. The Labute approximate surface area is 294 Å². The molecule has 0 heterocycles. The van der Waals surface area contributed by atoms with Crippen molar-refractivity contribution in [2.45, 2.75) is 200 Å². The number of rotatable bonds is 36. The smallest absolute Gasteiger partial charge is 0.462 e. The van der Waals surface area contributed by atoms with E-state index in [2.05, 4.69) is 42.7 Å². The summed E-state index contributed by atoms with van der Waals surface area (Å²) in [5.41, 5.74) is 0. The maximum absolute atomic E-state index is 12.4. The lowest BCUT2D eigenvalue weighted by molar-refractivity contribution is -0.161. The number of phosphoric ester groups is 1. The van der Waals surface area contributed by atoms with Gasteiger partial charge in [-0.25, -0.2) is 4.57 Å². The van der Waals surface area contributed by atoms with Gasteiger partial charge in [0.1, 0.15) is 6.61 Å². The highest BCUT2D eigenvalue weighted by Crippen LogP contribution is 2.36. The van der Waals surface area contributed by atoms with Crippen molar-refractivity contribution in [3.8, 4) is 0 Å². The minimum Gasteiger partial charge on any atom is -0.462 e. The molecular weight excluding hydrogens is 627 g/mol. The number of hydrogen-bond donors (Lipinski definition) is 2. The van der Waals surface area contributed by atoms with Crippen LogP contribution in [0.3, 0.4) is 0 Å². The average Bonchev–Trinajstić information content (AvgIpc) is 3.05. The lowest BCUT2D eigenvalue weighted by atomic mass is 10.1. The second-order valence-electron chi connectivity index (χ2n) is 13.2. The molecule has 0 aliphatic rings. The maximum atomic E-state index is 12.4. The lowest BCUT2D eigenvalue weighted by Gasteiger charge is -2.18. The van der Waals surface area contributed by atoms with Crippen LogP contribution in [0.4, 0.5) is 0 Å². The highest BCUT2D eigenvalue weighted by Gasteiger charge is 2.22. The number of carbonyl (C=O) groups is 2. The first kappa shape index (κ1) is 46.5. The maximum Gasteiger partial charge on any atom is 0.469 e. The first-order valence-corrected chi connectivity index (χ1v) is 21.2. The molecule has 0 bridgehead atoms. The summed E-state index contributed by atoms with van der Waals surface area (Å²) in [6, 6.07) is 0. The topological polar surface area (TPSA) is 119 Å². The van der Waals surface area contributed by atoms with E-state index in [0.717, 1.165) is 57.8 Å². The molecule has 0 aromatic rings. The Morgan fingerprint density at radius 3 is 1.33 bits per heavy atom. The fourth-order valence-corrected chi connectivity index (χ4v) is 5.83. The number of carbonyl (C=O) groups excluding carboxylic acids is 2. The predicted molar refractivity (Wildman–Crippen MR) is 198 cm³/mol. The van der Waals surface area contributed by atoms with E-state index in [1.807, 2.05) is 0 Å². The van der Waals surface area contributed by atoms with Crippen LogP contribution in [0, 0.1) is 0 Å². The second kappa shape index (κ2) is 35.4. The van der Waals surface area contributed by atoms with E-state index in [1.165, 1.54) is 96.3 Å². The molecule has 0 saturated heterocycles. The Hall–Kier alpha value is -1.47. The van der Waals surface area contributed by atoms with Crippen LogP contribution in [0.5, 0.6) is 0 Å². The molecule has 0 aromatic heterocycles. The van der Waals surface area contributed by atoms with E-state index in [0.29, 0.717) is 12.8 Å². The molecule has 0 radical (unpaired) electrons. The zero-order chi connectivity index (χ0) is 35.4. The third-order valence-corrected chi connectivity index (χ3v) is 8.93. The summed E-state index contributed by atoms with van der Waals surface area (Å²) in [7, 11) is -4.75. The molecule has 0 amide bonds. The van der Waals surface area contributed by atoms with E-state index in [1.54, 1.807) is 0 Å². The largest absolute Gasteiger partial charge is 0.469 e. The third kappa shape index (κ3) is 37.4. The fraction of sp³-hybridized carbons (Fsp3) is 0.846. The Balaban J connectivity index is 3.91. The Morgan fingerprint density at radius 1 is 0.521 bits per heavy atom. The number of ether oxygens (including phenoxy) is 2. The molecule has 48 heavy (non-hydrogen) atoms. The number of hydrogen-bond acceptors (Lipinski definition) is 6. The molecule has 1 atom stereocenters. The van der Waals surface area contributed by atoms with E-state index >= 15 is 0 Å². The lowest BCUT2D eigenvalue weighted by Crippen LogP contribution is -2.29. The van der Waals surface area contributed by atoms with Gasteiger partial charge in [0.15, 0.2) is 6.10 Å². The molecule has 282 valence electrons. The summed E-state index contributed by atoms with van der Waals surface area (Å²) in [4.78, 5) is 42.7. The molecule has 8 nitrogen and oxygen atoms in total. The van der Waals surface area contributed by atoms with Crippen LogP contribution < -0.4 is 0 Å². The molecule has 0 aromatic carbocycles. The van der Waals surface area contributed by atoms with Crippen LogP contribution in [0.15, 0.2) is 24.3 Å². The van der Waals surface area contributed by atoms with Gasteiger partial charge < -0.3 is 19.3 Å². The molecule has 9 heteroatoms. The van der Waals surface area contributed by atoms with E-state index in [4.69, 9.17) is 19.3 Å². The molecule has 0 unspecified atom stereocenters. The van der Waals surface area contributed by atoms with Gasteiger partial charge in [-0.2, -0.15) is 0 Å². The first-order valence-electron chi connectivity index (χ1n) is 19.6. The van der Waals surface area contributed by atoms with Gasteiger partial charge in [-0.3, -0.25) is 14.1 Å². The van der Waals surface area contributed by atoms with Crippen LogP contribution in [-0.2, 0) is 28.2 Å². The van der Waals surface area contributed by atoms with Crippen molar-refractivity contribution < 1.29 is 37.9 Å². The number of esters is 2. The summed E-state index contributed by atoms with van der Waals surface area (Å²) in [5.74, 6) is -0.895. The van der Waals surface area contributed by atoms with Gasteiger partial charge in [-0.1, -0.05) is 147 Å². The monoisotopic (exact) mass is 701 g/mol. The van der Waals surface area contributed by atoms with Gasteiger partial charge in [0, 0.05) is 12.8 Å². The van der Waals surface area contributed by atoms with Crippen molar-refractivity contribution in [1.29, 1.82) is 0 Å². The van der Waals surface area contributed by atoms with Crippen LogP contribution in [0.2, 0.25) is 0 Å². The van der Waals surface area contributed by atoms with Gasteiger partial charge in [-0.15, -0.1) is 0 Å². The van der Waals surface area contributed by atoms with E-state index in [9.17, 15) is 14.2 Å². The zero-order valence-corrected chi connectivity index (χ0v) is 31.8. The summed E-state index contributed by atoms with van der Waals surface area (Å²) in [5, 5.41) is 0. The van der Waals surface area contributed by atoms with Crippen molar-refractivity contribution >= 4 is 19.8 Å². The second-order valence-corrected chi connectivity index (χ2v) is 14.5. The van der Waals surface area contributed by atoms with Gasteiger partial charge in [0.25, 0.3) is 0 Å². The fourth-order valence-electron chi connectivity index (χ4n) is 5.47. The number of allylic oxidation sites excluding steroid dienone is 4. The van der Waals surface area contributed by atoms with Crippen molar-refractivity contribution in [1.82, 2.24) is 0 Å². The highest BCUT2D eigenvalue weighted by molar-refractivity contribution is 7.46. The summed E-state index contributed by atoms with van der Waals surface area (Å²) >= 11 is 0. The molecule has 2 N–H and O–H groups in total. The summed E-state index contributed by atoms with van der Waals surface area (Å²) in [6.07, 6.45) is 39.0. The van der Waals surface area contributed by atoms with Gasteiger partial charge in [0.2, 0.25) is 0 Å². The number of phosphoric acid groups is 1. The van der Waals surface area contributed by atoms with Crippen molar-refractivity contribution in [3.05, 3.63) is 24.3 Å². The zero-order valence-electron chi connectivity index (χ0n) is 30.9. The molecule has 0 saturated carbocycles. The quantitative estimate of drug-likeness (QED) is 0.0287. The van der Waals surface area contributed by atoms with Gasteiger partial charge >= 0.3 is 19.8 Å². The normalized spacial score (nSPS) is 12.7. The van der Waals surface area contributed by atoms with Crippen molar-refractivity contribution in [3.63, 3.8) is 0 Å². The molecule has 0 spiro atoms. The van der Waals surface area contributed by atoms with Crippen molar-refractivity contribution in [2.24, 2.45) is 0 Å². The standard InChI is InChI=1S/C39H73O8P/c1-3-5-7-9-11-13-15-16-17-18-19-20-21-22-24-26-28-30-32-34-39(41)47-37(36-46-48(42,43)44)35-45-38(40)33-31-29-27-25-23-14-12-10-8-6-4-2/h10,12,16-17,37H,3-9,11,13-15,18-36H2,1-2H3,(H2,42,43,44)/b12-10+,17-16+/t37-/m1/s1. The SMILES string of the molecule is CCCC/C=C/CCCCCCCC(=O)OC[C@H](COP(=O)(O)O)OC(=O)CCCCCCCCCCC/C=C/CCCCCCCC. The minimum absolute atomic E-state index is 0.210. The minimum atomic E-state index is -4.75. The van der Waals surface area contributed by atoms with E-state index < -0.39 is 32.5 Å². The highest BCUT2D eigenvalue weighted by atomic mass is 31.2. The average molecular weight is 701 g/mol. The Kier molecular flexibility index (Phi) is 34.3. The van der Waals surface area contributed by atoms with Crippen LogP contribution in [0.1, 0.15) is 194 Å². The van der Waals surface area contributed by atoms with Gasteiger partial charge in [-0.05, 0) is 57.8 Å². The van der Waals surface area contributed by atoms with Crippen LogP contribution >= 0.6 is 7.82 Å². The molecule has 0 fully saturated rings. The number of unbranched alkanes of at least 4 members (excludes halogenated alkanes) is 22. The molecular formula is C39H73O8P. The summed E-state index contributed by atoms with van der Waals surface area (Å²) < 4.78 is 26.3. The van der Waals surface area contributed by atoms with Crippen LogP contribution in [0.25, 0.3) is 0 Å². The van der Waals surface area contributed by atoms with Gasteiger partial charge in [0.05, 0.1) is 6.61 Å². The summed E-state index contributed by atoms with van der Waals surface area (Å²) in [6.45, 7) is 3.63. The van der Waals surface area contributed by atoms with E-state index in [-0.39, 0.29) is 19.4 Å². The van der Waals surface area contributed by atoms with Crippen molar-refractivity contribution in [2.75, 3.05) is 13.2 Å². The van der Waals surface area contributed by atoms with Crippen LogP contribution in [-0.4, -0.2) is 41.0 Å². The third-order valence-electron chi connectivity index (χ3n) is 8.44. The first-order chi connectivity index (χ1) is 23.3. The molecule has 0 aliphatic heterocycles. The molecule has 0 rings (SSSR count). The molecule has 0 aliphatic carbocycles. The Morgan fingerprint density at radius 2 is 0.896 bits per heavy atom. The Bertz CT molecular complexity index is 838.